The van der Waals surface area contributed by atoms with Gasteiger partial charge in [0.05, 0.1) is 6.10 Å². The van der Waals surface area contributed by atoms with Gasteiger partial charge in [0.15, 0.2) is 0 Å². The second-order valence-corrected chi connectivity index (χ2v) is 6.44. The maximum Gasteiger partial charge on any atom is 0.0662 e. The van der Waals surface area contributed by atoms with Crippen molar-refractivity contribution < 1.29 is 5.11 Å². The standard InChI is InChI=1S/C18H39NO/c1-3-4-5-6-7-8-9-10-11-12-13-14-15-16-18(19)17(2)20/h17-18,20H,3-16,19H2,1-2H3/t17-,18+/m1/s1. The van der Waals surface area contributed by atoms with Crippen molar-refractivity contribution in [3.8, 4) is 0 Å². The molecule has 0 aliphatic rings. The van der Waals surface area contributed by atoms with Gasteiger partial charge < -0.3 is 10.8 Å². The van der Waals surface area contributed by atoms with Crippen molar-refractivity contribution in [1.29, 1.82) is 0 Å². The fourth-order valence-electron chi connectivity index (χ4n) is 2.64. The van der Waals surface area contributed by atoms with Crippen molar-refractivity contribution in [2.45, 2.75) is 116 Å². The largest absolute Gasteiger partial charge is 0.392 e. The zero-order chi connectivity index (χ0) is 15.1. The number of rotatable bonds is 15. The summed E-state index contributed by atoms with van der Waals surface area (Å²) in [5.74, 6) is 0. The summed E-state index contributed by atoms with van der Waals surface area (Å²) in [6.45, 7) is 4.06. The summed E-state index contributed by atoms with van der Waals surface area (Å²) >= 11 is 0. The van der Waals surface area contributed by atoms with Crippen LogP contribution in [0.5, 0.6) is 0 Å². The summed E-state index contributed by atoms with van der Waals surface area (Å²) in [7, 11) is 0. The maximum absolute atomic E-state index is 9.29. The summed E-state index contributed by atoms with van der Waals surface area (Å²) < 4.78 is 0. The first-order valence-electron chi connectivity index (χ1n) is 9.12. The van der Waals surface area contributed by atoms with E-state index in [0.717, 1.165) is 6.42 Å². The molecule has 0 bridgehead atoms. The minimum atomic E-state index is -0.354. The van der Waals surface area contributed by atoms with Crippen molar-refractivity contribution in [2.75, 3.05) is 0 Å². The third-order valence-electron chi connectivity index (χ3n) is 4.26. The third kappa shape index (κ3) is 14.3. The molecule has 0 aliphatic heterocycles. The van der Waals surface area contributed by atoms with Crippen LogP contribution in [0.1, 0.15) is 104 Å². The zero-order valence-electron chi connectivity index (χ0n) is 14.1. The van der Waals surface area contributed by atoms with Crippen LogP contribution >= 0.6 is 0 Å². The van der Waals surface area contributed by atoms with E-state index in [1.165, 1.54) is 83.5 Å². The van der Waals surface area contributed by atoms with E-state index < -0.39 is 0 Å². The molecule has 0 radical (unpaired) electrons. The molecule has 0 aromatic carbocycles. The minimum absolute atomic E-state index is 0.0253. The van der Waals surface area contributed by atoms with E-state index >= 15 is 0 Å². The summed E-state index contributed by atoms with van der Waals surface area (Å²) in [5, 5.41) is 9.29. The highest BCUT2D eigenvalue weighted by molar-refractivity contribution is 4.66. The first-order chi connectivity index (χ1) is 9.68. The molecule has 3 N–H and O–H groups in total. The lowest BCUT2D eigenvalue weighted by Crippen LogP contribution is -2.31. The van der Waals surface area contributed by atoms with E-state index in [1.807, 2.05) is 0 Å². The Bertz CT molecular complexity index is 182. The van der Waals surface area contributed by atoms with Crippen LogP contribution in [0.4, 0.5) is 0 Å². The molecule has 0 saturated carbocycles. The van der Waals surface area contributed by atoms with Gasteiger partial charge in [-0.3, -0.25) is 0 Å². The van der Waals surface area contributed by atoms with Gasteiger partial charge in [0.1, 0.15) is 0 Å². The molecular formula is C18H39NO. The van der Waals surface area contributed by atoms with Crippen LogP contribution in [0.15, 0.2) is 0 Å². The summed E-state index contributed by atoms with van der Waals surface area (Å²) in [5.41, 5.74) is 5.81. The monoisotopic (exact) mass is 285 g/mol. The minimum Gasteiger partial charge on any atom is -0.392 e. The van der Waals surface area contributed by atoms with Crippen LogP contribution < -0.4 is 5.73 Å². The molecule has 0 aromatic heterocycles. The lowest BCUT2D eigenvalue weighted by molar-refractivity contribution is 0.157. The van der Waals surface area contributed by atoms with Crippen LogP contribution in [0, 0.1) is 0 Å². The van der Waals surface area contributed by atoms with Crippen LogP contribution in [0.3, 0.4) is 0 Å². The Labute approximate surface area is 127 Å². The van der Waals surface area contributed by atoms with E-state index in [1.54, 1.807) is 6.92 Å². The molecule has 0 aromatic rings. The van der Waals surface area contributed by atoms with Crippen molar-refractivity contribution in [3.63, 3.8) is 0 Å². The molecule has 0 rings (SSSR count). The molecule has 0 amide bonds. The van der Waals surface area contributed by atoms with Gasteiger partial charge in [-0.15, -0.1) is 0 Å². The predicted molar refractivity (Wildman–Crippen MR) is 90.0 cm³/mol. The predicted octanol–water partition coefficient (Wildman–Crippen LogP) is 5.18. The van der Waals surface area contributed by atoms with Gasteiger partial charge in [0.2, 0.25) is 0 Å². The normalized spacial score (nSPS) is 14.4. The molecule has 2 nitrogen and oxygen atoms in total. The molecule has 0 aliphatic carbocycles. The highest BCUT2D eigenvalue weighted by Gasteiger charge is 2.07. The number of aliphatic hydroxyl groups excluding tert-OH is 1. The number of unbranched alkanes of at least 4 members (excludes halogenated alkanes) is 12. The molecule has 0 spiro atoms. The summed E-state index contributed by atoms with van der Waals surface area (Å²) in [6.07, 6.45) is 18.5. The Morgan fingerprint density at radius 2 is 1.05 bits per heavy atom. The lowest BCUT2D eigenvalue weighted by atomic mass is 10.0. The third-order valence-corrected chi connectivity index (χ3v) is 4.26. The molecule has 2 atom stereocenters. The molecule has 0 unspecified atom stereocenters. The van der Waals surface area contributed by atoms with E-state index in [4.69, 9.17) is 5.73 Å². The van der Waals surface area contributed by atoms with Gasteiger partial charge >= 0.3 is 0 Å². The van der Waals surface area contributed by atoms with Gasteiger partial charge in [-0.25, -0.2) is 0 Å². The summed E-state index contributed by atoms with van der Waals surface area (Å²) in [6, 6.07) is -0.0253. The SMILES string of the molecule is CCCCCCCCCCCCCCC[C@H](N)[C@@H](C)O. The van der Waals surface area contributed by atoms with E-state index in [9.17, 15) is 5.11 Å². The fourth-order valence-corrected chi connectivity index (χ4v) is 2.64. The van der Waals surface area contributed by atoms with E-state index in [-0.39, 0.29) is 12.1 Å². The van der Waals surface area contributed by atoms with Gasteiger partial charge in [-0.2, -0.15) is 0 Å². The molecule has 122 valence electrons. The average Bonchev–Trinajstić information content (AvgIpc) is 2.43. The Balaban J connectivity index is 3.03. The van der Waals surface area contributed by atoms with Crippen molar-refractivity contribution in [2.24, 2.45) is 5.73 Å². The van der Waals surface area contributed by atoms with Gasteiger partial charge in [0, 0.05) is 6.04 Å². The molecular weight excluding hydrogens is 246 g/mol. The molecule has 0 saturated heterocycles. The van der Waals surface area contributed by atoms with E-state index in [2.05, 4.69) is 6.92 Å². The Morgan fingerprint density at radius 3 is 1.40 bits per heavy atom. The molecule has 20 heavy (non-hydrogen) atoms. The Hall–Kier alpha value is -0.0800. The number of hydrogen-bond donors (Lipinski definition) is 2. The lowest BCUT2D eigenvalue weighted by Gasteiger charge is -2.13. The quantitative estimate of drug-likeness (QED) is 0.407. The number of hydrogen-bond acceptors (Lipinski definition) is 2. The topological polar surface area (TPSA) is 46.2 Å². The summed E-state index contributed by atoms with van der Waals surface area (Å²) in [4.78, 5) is 0. The first-order valence-corrected chi connectivity index (χ1v) is 9.12. The second-order valence-electron chi connectivity index (χ2n) is 6.44. The molecule has 0 heterocycles. The molecule has 2 heteroatoms. The highest BCUT2D eigenvalue weighted by Crippen LogP contribution is 2.13. The van der Waals surface area contributed by atoms with Crippen LogP contribution in [-0.2, 0) is 0 Å². The van der Waals surface area contributed by atoms with Crippen LogP contribution in [0.25, 0.3) is 0 Å². The maximum atomic E-state index is 9.29. The van der Waals surface area contributed by atoms with Gasteiger partial charge in [-0.05, 0) is 13.3 Å². The zero-order valence-corrected chi connectivity index (χ0v) is 14.1. The van der Waals surface area contributed by atoms with Gasteiger partial charge in [0.25, 0.3) is 0 Å². The first kappa shape index (κ1) is 19.9. The smallest absolute Gasteiger partial charge is 0.0662 e. The number of aliphatic hydroxyl groups is 1. The van der Waals surface area contributed by atoms with Crippen molar-refractivity contribution in [1.82, 2.24) is 0 Å². The average molecular weight is 286 g/mol. The van der Waals surface area contributed by atoms with Crippen molar-refractivity contribution in [3.05, 3.63) is 0 Å². The van der Waals surface area contributed by atoms with E-state index in [0.29, 0.717) is 0 Å². The molecule has 0 fully saturated rings. The second kappa shape index (κ2) is 15.3. The van der Waals surface area contributed by atoms with Crippen LogP contribution in [0.2, 0.25) is 0 Å². The van der Waals surface area contributed by atoms with Gasteiger partial charge in [-0.1, -0.05) is 90.4 Å². The van der Waals surface area contributed by atoms with Crippen LogP contribution in [-0.4, -0.2) is 17.3 Å². The Morgan fingerprint density at radius 1 is 0.700 bits per heavy atom. The van der Waals surface area contributed by atoms with Crippen molar-refractivity contribution >= 4 is 0 Å². The Kier molecular flexibility index (Phi) is 15.3. The fraction of sp³-hybridized carbons (Fsp3) is 1.00. The number of nitrogens with two attached hydrogens (primary N) is 1. The highest BCUT2D eigenvalue weighted by atomic mass is 16.3.